The number of aryl methyl sites for hydroxylation is 1. The van der Waals surface area contributed by atoms with Gasteiger partial charge in [-0.15, -0.1) is 0 Å². The van der Waals surface area contributed by atoms with E-state index in [-0.39, 0.29) is 30.0 Å². The van der Waals surface area contributed by atoms with Crippen molar-refractivity contribution >= 4 is 11.9 Å². The molecule has 5 rings (SSSR count). The maximum absolute atomic E-state index is 13.6. The van der Waals surface area contributed by atoms with Crippen LogP contribution in [0, 0.1) is 0 Å². The Bertz CT molecular complexity index is 1030. The SMILES string of the molecule is O=C(NC(COCc1ccccc1)C(=O)N1CCC2(CCc3ccccc32)CC1)N[C@@H]1CCCNC1. The lowest BCUT2D eigenvalue weighted by molar-refractivity contribution is -0.136. The molecule has 1 aliphatic carbocycles. The third kappa shape index (κ3) is 5.73. The van der Waals surface area contributed by atoms with Gasteiger partial charge in [-0.3, -0.25) is 4.79 Å². The van der Waals surface area contributed by atoms with Gasteiger partial charge in [-0.1, -0.05) is 54.6 Å². The van der Waals surface area contributed by atoms with Crippen molar-refractivity contribution in [2.24, 2.45) is 0 Å². The normalized spacial score (nSPS) is 21.6. The number of fused-ring (bicyclic) bond motifs is 2. The van der Waals surface area contributed by atoms with Crippen LogP contribution in [-0.4, -0.2) is 61.7 Å². The van der Waals surface area contributed by atoms with E-state index < -0.39 is 6.04 Å². The lowest BCUT2D eigenvalue weighted by Gasteiger charge is -2.41. The van der Waals surface area contributed by atoms with Crippen molar-refractivity contribution in [1.82, 2.24) is 20.9 Å². The summed E-state index contributed by atoms with van der Waals surface area (Å²) in [6.45, 7) is 3.70. The molecule has 2 saturated heterocycles. The van der Waals surface area contributed by atoms with Gasteiger partial charge in [-0.2, -0.15) is 0 Å². The van der Waals surface area contributed by atoms with Gasteiger partial charge in [0.2, 0.25) is 5.91 Å². The maximum Gasteiger partial charge on any atom is 0.315 e. The maximum atomic E-state index is 13.6. The average molecular weight is 491 g/mol. The van der Waals surface area contributed by atoms with Crippen molar-refractivity contribution in [3.63, 3.8) is 0 Å². The second kappa shape index (κ2) is 11.4. The standard InChI is InChI=1S/C29H38N4O3/c34-27(33-17-14-29(15-18-33)13-12-23-9-4-5-11-25(23)29)26(21-36-20-22-7-2-1-3-8-22)32-28(35)31-24-10-6-16-30-19-24/h1-5,7-9,11,24,26,30H,6,10,12-21H2,(H2,31,32,35)/t24-,26?/m1/s1. The number of benzene rings is 2. The highest BCUT2D eigenvalue weighted by atomic mass is 16.5. The molecule has 2 aromatic carbocycles. The van der Waals surface area contributed by atoms with Crippen LogP contribution in [-0.2, 0) is 28.0 Å². The second-order valence-electron chi connectivity index (χ2n) is 10.5. The minimum Gasteiger partial charge on any atom is -0.374 e. The zero-order valence-electron chi connectivity index (χ0n) is 21.0. The fourth-order valence-corrected chi connectivity index (χ4v) is 6.06. The predicted molar refractivity (Wildman–Crippen MR) is 140 cm³/mol. The van der Waals surface area contributed by atoms with Crippen molar-refractivity contribution in [2.45, 2.75) is 62.6 Å². The molecule has 2 aromatic rings. The van der Waals surface area contributed by atoms with Gasteiger partial charge in [0.25, 0.3) is 0 Å². The molecule has 1 unspecified atom stereocenters. The van der Waals surface area contributed by atoms with E-state index in [0.717, 1.165) is 57.2 Å². The van der Waals surface area contributed by atoms with Gasteiger partial charge in [0.15, 0.2) is 0 Å². The van der Waals surface area contributed by atoms with Gasteiger partial charge in [0, 0.05) is 25.7 Å². The quantitative estimate of drug-likeness (QED) is 0.557. The van der Waals surface area contributed by atoms with E-state index in [1.54, 1.807) is 0 Å². The van der Waals surface area contributed by atoms with Gasteiger partial charge in [0.05, 0.1) is 13.2 Å². The number of likely N-dealkylation sites (tertiary alicyclic amines) is 1. The summed E-state index contributed by atoms with van der Waals surface area (Å²) >= 11 is 0. The number of rotatable bonds is 7. The van der Waals surface area contributed by atoms with E-state index >= 15 is 0 Å². The van der Waals surface area contributed by atoms with Crippen molar-refractivity contribution in [2.75, 3.05) is 32.8 Å². The Labute approximate surface area is 214 Å². The molecule has 2 atom stereocenters. The number of hydrogen-bond acceptors (Lipinski definition) is 4. The molecule has 1 spiro atoms. The number of nitrogens with zero attached hydrogens (tertiary/aromatic N) is 1. The number of hydrogen-bond donors (Lipinski definition) is 3. The lowest BCUT2D eigenvalue weighted by atomic mass is 9.74. The summed E-state index contributed by atoms with van der Waals surface area (Å²) in [5, 5.41) is 9.27. The van der Waals surface area contributed by atoms with Crippen molar-refractivity contribution in [3.05, 3.63) is 71.3 Å². The molecule has 2 heterocycles. The Balaban J connectivity index is 1.21. The van der Waals surface area contributed by atoms with Crippen molar-refractivity contribution < 1.29 is 14.3 Å². The zero-order valence-corrected chi connectivity index (χ0v) is 21.0. The summed E-state index contributed by atoms with van der Waals surface area (Å²) < 4.78 is 5.92. The molecule has 0 saturated carbocycles. The third-order valence-electron chi connectivity index (χ3n) is 8.13. The fraction of sp³-hybridized carbons (Fsp3) is 0.517. The number of nitrogens with one attached hydrogen (secondary N) is 3. The summed E-state index contributed by atoms with van der Waals surface area (Å²) in [7, 11) is 0. The predicted octanol–water partition coefficient (Wildman–Crippen LogP) is 3.13. The number of urea groups is 1. The highest BCUT2D eigenvalue weighted by Crippen LogP contribution is 2.46. The molecule has 3 N–H and O–H groups in total. The Morgan fingerprint density at radius 2 is 1.83 bits per heavy atom. The van der Waals surface area contributed by atoms with Crippen LogP contribution in [0.2, 0.25) is 0 Å². The van der Waals surface area contributed by atoms with Crippen molar-refractivity contribution in [1.29, 1.82) is 0 Å². The minimum atomic E-state index is -0.713. The Morgan fingerprint density at radius 3 is 2.61 bits per heavy atom. The third-order valence-corrected chi connectivity index (χ3v) is 8.13. The molecule has 7 heteroatoms. The summed E-state index contributed by atoms with van der Waals surface area (Å²) in [6, 6.07) is 17.7. The number of ether oxygens (including phenoxy) is 1. The van der Waals surface area contributed by atoms with Crippen LogP contribution in [0.1, 0.15) is 48.8 Å². The van der Waals surface area contributed by atoms with Gasteiger partial charge in [-0.05, 0) is 67.2 Å². The first-order valence-corrected chi connectivity index (χ1v) is 13.4. The van der Waals surface area contributed by atoms with Gasteiger partial charge in [0.1, 0.15) is 6.04 Å². The van der Waals surface area contributed by atoms with E-state index in [2.05, 4.69) is 40.2 Å². The molecule has 3 aliphatic rings. The topological polar surface area (TPSA) is 82.7 Å². The Kier molecular flexibility index (Phi) is 7.87. The molecule has 2 aliphatic heterocycles. The van der Waals surface area contributed by atoms with Crippen LogP contribution < -0.4 is 16.0 Å². The minimum absolute atomic E-state index is 0.0545. The van der Waals surface area contributed by atoms with E-state index in [9.17, 15) is 9.59 Å². The van der Waals surface area contributed by atoms with Crippen LogP contribution in [0.3, 0.4) is 0 Å². The number of carbonyl (C=O) groups is 2. The van der Waals surface area contributed by atoms with Crippen LogP contribution in [0.15, 0.2) is 54.6 Å². The summed E-state index contributed by atoms with van der Waals surface area (Å²) in [4.78, 5) is 28.3. The van der Waals surface area contributed by atoms with Crippen LogP contribution in [0.5, 0.6) is 0 Å². The lowest BCUT2D eigenvalue weighted by Crippen LogP contribution is -2.57. The molecule has 3 amide bonds. The molecule has 0 radical (unpaired) electrons. The first-order valence-electron chi connectivity index (χ1n) is 13.4. The smallest absolute Gasteiger partial charge is 0.315 e. The van der Waals surface area contributed by atoms with Crippen LogP contribution in [0.4, 0.5) is 4.79 Å². The fourth-order valence-electron chi connectivity index (χ4n) is 6.06. The molecule has 2 fully saturated rings. The Hall–Kier alpha value is -2.90. The second-order valence-corrected chi connectivity index (χ2v) is 10.5. The number of carbonyl (C=O) groups excluding carboxylic acids is 2. The van der Waals surface area contributed by atoms with Gasteiger partial charge < -0.3 is 25.6 Å². The molecule has 36 heavy (non-hydrogen) atoms. The highest BCUT2D eigenvalue weighted by Gasteiger charge is 2.42. The average Bonchev–Trinajstić information content (AvgIpc) is 3.27. The van der Waals surface area contributed by atoms with E-state index in [1.807, 2.05) is 35.2 Å². The number of piperidine rings is 2. The van der Waals surface area contributed by atoms with Crippen LogP contribution >= 0.6 is 0 Å². The molecule has 7 nitrogen and oxygen atoms in total. The summed E-state index contributed by atoms with van der Waals surface area (Å²) in [6.07, 6.45) is 6.19. The largest absolute Gasteiger partial charge is 0.374 e. The van der Waals surface area contributed by atoms with Crippen molar-refractivity contribution in [3.8, 4) is 0 Å². The highest BCUT2D eigenvalue weighted by molar-refractivity contribution is 5.87. The van der Waals surface area contributed by atoms with Gasteiger partial charge >= 0.3 is 6.03 Å². The number of amides is 3. The first kappa shape index (κ1) is 24.8. The van der Waals surface area contributed by atoms with E-state index in [1.165, 1.54) is 11.1 Å². The zero-order chi connectivity index (χ0) is 24.8. The molecule has 0 bridgehead atoms. The Morgan fingerprint density at radius 1 is 1.06 bits per heavy atom. The monoisotopic (exact) mass is 490 g/mol. The molecule has 0 aromatic heterocycles. The summed E-state index contributed by atoms with van der Waals surface area (Å²) in [5.74, 6) is -0.0545. The first-order chi connectivity index (χ1) is 17.6. The molecule has 192 valence electrons. The van der Waals surface area contributed by atoms with E-state index in [0.29, 0.717) is 19.7 Å². The molecular formula is C29H38N4O3. The van der Waals surface area contributed by atoms with Gasteiger partial charge in [-0.25, -0.2) is 4.79 Å². The molecular weight excluding hydrogens is 452 g/mol. The van der Waals surface area contributed by atoms with Crippen LogP contribution in [0.25, 0.3) is 0 Å². The summed E-state index contributed by atoms with van der Waals surface area (Å²) in [5.41, 5.74) is 4.16. The van der Waals surface area contributed by atoms with E-state index in [4.69, 9.17) is 4.74 Å².